The Balaban J connectivity index is 1.67. The van der Waals surface area contributed by atoms with Gasteiger partial charge < -0.3 is 20.1 Å². The molecule has 0 radical (unpaired) electrons. The molecule has 19 heavy (non-hydrogen) atoms. The molecule has 108 valence electrons. The van der Waals surface area contributed by atoms with Crippen LogP contribution in [0.4, 0.5) is 0 Å². The molecule has 0 aromatic carbocycles. The van der Waals surface area contributed by atoms with Crippen LogP contribution in [-0.4, -0.2) is 60.3 Å². The number of piperidine rings is 1. The smallest absolute Gasteiger partial charge is 0.305 e. The molecule has 0 aliphatic carbocycles. The second-order valence-electron chi connectivity index (χ2n) is 5.19. The molecule has 0 saturated carbocycles. The van der Waals surface area contributed by atoms with Gasteiger partial charge in [-0.15, -0.1) is 0 Å². The van der Waals surface area contributed by atoms with Crippen LogP contribution in [0.25, 0.3) is 0 Å². The highest BCUT2D eigenvalue weighted by Crippen LogP contribution is 2.17. The molecular weight excluding hydrogens is 248 g/mol. The number of ether oxygens (including phenoxy) is 1. The molecule has 2 aliphatic heterocycles. The molecule has 6 heteroatoms. The van der Waals surface area contributed by atoms with Crippen LogP contribution in [0, 0.1) is 0 Å². The van der Waals surface area contributed by atoms with Crippen LogP contribution in [0.15, 0.2) is 0 Å². The van der Waals surface area contributed by atoms with Crippen molar-refractivity contribution < 1.29 is 19.4 Å². The number of likely N-dealkylation sites (tertiary alicyclic amines) is 1. The summed E-state index contributed by atoms with van der Waals surface area (Å²) in [5.74, 6) is -0.624. The van der Waals surface area contributed by atoms with Gasteiger partial charge in [0, 0.05) is 13.1 Å². The highest BCUT2D eigenvalue weighted by Gasteiger charge is 2.29. The second kappa shape index (κ2) is 6.86. The number of carbonyl (C=O) groups excluding carboxylic acids is 1. The van der Waals surface area contributed by atoms with E-state index in [2.05, 4.69) is 5.32 Å². The summed E-state index contributed by atoms with van der Waals surface area (Å²) in [4.78, 5) is 24.4. The maximum atomic E-state index is 12.2. The topological polar surface area (TPSA) is 78.9 Å². The minimum absolute atomic E-state index is 0.00415. The number of carbonyl (C=O) groups is 2. The van der Waals surface area contributed by atoms with E-state index in [1.54, 1.807) is 0 Å². The standard InChI is InChI=1S/C13H22N2O4/c16-12(17)5-9-19-10-3-7-15(8-4-10)13(18)11-2-1-6-14-11/h10-11,14H,1-9H2,(H,16,17)/t11-/m1/s1. The maximum Gasteiger partial charge on any atom is 0.305 e. The number of aliphatic carboxylic acids is 1. The van der Waals surface area contributed by atoms with Crippen molar-refractivity contribution in [3.05, 3.63) is 0 Å². The van der Waals surface area contributed by atoms with Crippen molar-refractivity contribution in [3.63, 3.8) is 0 Å². The van der Waals surface area contributed by atoms with Crippen LogP contribution in [0.5, 0.6) is 0 Å². The van der Waals surface area contributed by atoms with Crippen molar-refractivity contribution in [2.24, 2.45) is 0 Å². The van der Waals surface area contributed by atoms with E-state index in [1.165, 1.54) is 0 Å². The summed E-state index contributed by atoms with van der Waals surface area (Å²) in [7, 11) is 0. The molecule has 0 aromatic heterocycles. The molecule has 2 fully saturated rings. The fourth-order valence-corrected chi connectivity index (χ4v) is 2.67. The van der Waals surface area contributed by atoms with E-state index < -0.39 is 5.97 Å². The first kappa shape index (κ1) is 14.3. The minimum atomic E-state index is -0.833. The van der Waals surface area contributed by atoms with Gasteiger partial charge in [0.25, 0.3) is 0 Å². The lowest BCUT2D eigenvalue weighted by atomic mass is 10.1. The van der Waals surface area contributed by atoms with E-state index in [0.717, 1.165) is 45.3 Å². The number of nitrogens with zero attached hydrogens (tertiary/aromatic N) is 1. The average Bonchev–Trinajstić information content (AvgIpc) is 2.92. The Hall–Kier alpha value is -1.14. The van der Waals surface area contributed by atoms with Crippen LogP contribution in [0.2, 0.25) is 0 Å². The van der Waals surface area contributed by atoms with Crippen molar-refractivity contribution in [3.8, 4) is 0 Å². The van der Waals surface area contributed by atoms with Gasteiger partial charge in [0.05, 0.1) is 25.2 Å². The number of amides is 1. The Labute approximate surface area is 113 Å². The third kappa shape index (κ3) is 4.18. The van der Waals surface area contributed by atoms with Crippen LogP contribution in [0.3, 0.4) is 0 Å². The molecule has 1 atom stereocenters. The maximum absolute atomic E-state index is 12.2. The number of carboxylic acids is 1. The Kier molecular flexibility index (Phi) is 5.15. The summed E-state index contributed by atoms with van der Waals surface area (Å²) < 4.78 is 5.51. The number of rotatable bonds is 5. The monoisotopic (exact) mass is 270 g/mol. The van der Waals surface area contributed by atoms with Gasteiger partial charge in [0.15, 0.2) is 0 Å². The van der Waals surface area contributed by atoms with E-state index in [-0.39, 0.29) is 31.1 Å². The third-order valence-corrected chi connectivity index (χ3v) is 3.78. The van der Waals surface area contributed by atoms with E-state index in [4.69, 9.17) is 9.84 Å². The zero-order valence-electron chi connectivity index (χ0n) is 11.1. The number of carboxylic acid groups (broad SMARTS) is 1. The average molecular weight is 270 g/mol. The summed E-state index contributed by atoms with van der Waals surface area (Å²) in [5, 5.41) is 11.8. The SMILES string of the molecule is O=C(O)CCOC1CCN(C(=O)[C@H]2CCCN2)CC1. The molecule has 2 N–H and O–H groups in total. The predicted octanol–water partition coefficient (Wildman–Crippen LogP) is 0.221. The summed E-state index contributed by atoms with van der Waals surface area (Å²) in [6.45, 7) is 2.63. The van der Waals surface area contributed by atoms with Crippen molar-refractivity contribution in [1.82, 2.24) is 10.2 Å². The third-order valence-electron chi connectivity index (χ3n) is 3.78. The van der Waals surface area contributed by atoms with Crippen LogP contribution >= 0.6 is 0 Å². The molecule has 2 heterocycles. The molecule has 6 nitrogen and oxygen atoms in total. The molecule has 0 aromatic rings. The lowest BCUT2D eigenvalue weighted by molar-refractivity contribution is -0.139. The van der Waals surface area contributed by atoms with Crippen molar-refractivity contribution >= 4 is 11.9 Å². The first-order chi connectivity index (χ1) is 9.16. The summed E-state index contributed by atoms with van der Waals surface area (Å²) in [5.41, 5.74) is 0. The molecule has 2 aliphatic rings. The van der Waals surface area contributed by atoms with Crippen LogP contribution < -0.4 is 5.32 Å². The van der Waals surface area contributed by atoms with Gasteiger partial charge in [-0.25, -0.2) is 0 Å². The van der Waals surface area contributed by atoms with Crippen molar-refractivity contribution in [2.45, 2.75) is 44.2 Å². The van der Waals surface area contributed by atoms with Gasteiger partial charge >= 0.3 is 5.97 Å². The fraction of sp³-hybridized carbons (Fsp3) is 0.846. The Bertz CT molecular complexity index is 321. The zero-order valence-corrected chi connectivity index (χ0v) is 11.1. The number of hydrogen-bond donors (Lipinski definition) is 2. The van der Waals surface area contributed by atoms with E-state index in [1.807, 2.05) is 4.90 Å². The highest BCUT2D eigenvalue weighted by molar-refractivity contribution is 5.82. The van der Waals surface area contributed by atoms with Crippen molar-refractivity contribution in [2.75, 3.05) is 26.2 Å². The van der Waals surface area contributed by atoms with Crippen LogP contribution in [0.1, 0.15) is 32.1 Å². The Morgan fingerprint density at radius 2 is 2.00 bits per heavy atom. The molecule has 0 unspecified atom stereocenters. The molecule has 0 spiro atoms. The highest BCUT2D eigenvalue weighted by atomic mass is 16.5. The molecule has 1 amide bonds. The van der Waals surface area contributed by atoms with E-state index >= 15 is 0 Å². The molecule has 0 bridgehead atoms. The first-order valence-electron chi connectivity index (χ1n) is 7.02. The van der Waals surface area contributed by atoms with Gasteiger partial charge in [-0.2, -0.15) is 0 Å². The van der Waals surface area contributed by atoms with E-state index in [9.17, 15) is 9.59 Å². The number of hydrogen-bond acceptors (Lipinski definition) is 4. The van der Waals surface area contributed by atoms with Gasteiger partial charge in [-0.05, 0) is 32.2 Å². The normalized spacial score (nSPS) is 24.6. The minimum Gasteiger partial charge on any atom is -0.481 e. The second-order valence-corrected chi connectivity index (χ2v) is 5.19. The summed E-state index contributed by atoms with van der Waals surface area (Å²) in [6.07, 6.45) is 3.76. The van der Waals surface area contributed by atoms with Crippen molar-refractivity contribution in [1.29, 1.82) is 0 Å². The summed E-state index contributed by atoms with van der Waals surface area (Å²) in [6, 6.07) is 0.00415. The van der Waals surface area contributed by atoms with Gasteiger partial charge in [-0.3, -0.25) is 9.59 Å². The molecule has 2 rings (SSSR count). The quantitative estimate of drug-likeness (QED) is 0.747. The zero-order chi connectivity index (χ0) is 13.7. The molecular formula is C13H22N2O4. The van der Waals surface area contributed by atoms with Crippen LogP contribution in [-0.2, 0) is 14.3 Å². The Morgan fingerprint density at radius 1 is 1.26 bits per heavy atom. The lowest BCUT2D eigenvalue weighted by Gasteiger charge is -2.33. The largest absolute Gasteiger partial charge is 0.481 e. The fourth-order valence-electron chi connectivity index (χ4n) is 2.67. The van der Waals surface area contributed by atoms with Gasteiger partial charge in [-0.1, -0.05) is 0 Å². The lowest BCUT2D eigenvalue weighted by Crippen LogP contribution is -2.48. The first-order valence-corrected chi connectivity index (χ1v) is 7.02. The Morgan fingerprint density at radius 3 is 2.58 bits per heavy atom. The van der Waals surface area contributed by atoms with Gasteiger partial charge in [0.1, 0.15) is 0 Å². The predicted molar refractivity (Wildman–Crippen MR) is 68.8 cm³/mol. The number of nitrogens with one attached hydrogen (secondary N) is 1. The van der Waals surface area contributed by atoms with Gasteiger partial charge in [0.2, 0.25) is 5.91 Å². The molecule has 2 saturated heterocycles. The summed E-state index contributed by atoms with van der Waals surface area (Å²) >= 11 is 0. The van der Waals surface area contributed by atoms with E-state index in [0.29, 0.717) is 0 Å².